The number of halogens is 2. The molecule has 1 aliphatic carbocycles. The first-order valence-corrected chi connectivity index (χ1v) is 15.7. The number of sulfonamides is 1. The summed E-state index contributed by atoms with van der Waals surface area (Å²) in [6.07, 6.45) is 5.83. The van der Waals surface area contributed by atoms with Crippen LogP contribution >= 0.6 is 0 Å². The lowest BCUT2D eigenvalue weighted by molar-refractivity contribution is -0.0222. The highest BCUT2D eigenvalue weighted by Crippen LogP contribution is 2.54. The van der Waals surface area contributed by atoms with Gasteiger partial charge in [0.2, 0.25) is 21.9 Å². The fourth-order valence-electron chi connectivity index (χ4n) is 5.61. The van der Waals surface area contributed by atoms with Gasteiger partial charge in [0, 0.05) is 45.1 Å². The molecule has 6 rings (SSSR count). The Morgan fingerprint density at radius 3 is 2.33 bits per heavy atom. The third-order valence-corrected chi connectivity index (χ3v) is 9.68. The Balaban J connectivity index is 1.31. The van der Waals surface area contributed by atoms with Crippen molar-refractivity contribution in [3.8, 4) is 23.0 Å². The molecule has 0 bridgehead atoms. The molecule has 1 spiro atoms. The summed E-state index contributed by atoms with van der Waals surface area (Å²) in [4.78, 5) is 12.9. The number of nitrogens with zero attached hydrogens (tertiary/aromatic N) is 7. The predicted molar refractivity (Wildman–Crippen MR) is 153 cm³/mol. The van der Waals surface area contributed by atoms with Crippen LogP contribution in [0.3, 0.4) is 0 Å². The molecule has 0 radical (unpaired) electrons. The largest absolute Gasteiger partial charge is 0.481 e. The minimum atomic E-state index is -3.70. The zero-order chi connectivity index (χ0) is 29.5. The van der Waals surface area contributed by atoms with Crippen molar-refractivity contribution >= 4 is 27.3 Å². The van der Waals surface area contributed by atoms with E-state index in [2.05, 4.69) is 29.9 Å². The molecule has 0 amide bonds. The standard InChI is InChI=1S/C27H34F2N8O4S/c1-41-24-17-20(30-25(31-24)36-12-8-27(28,29)9-13-36)21-18-37(34-32-21)22-3-2-19(33-42(39,40)15-14-38)16-23(22)35-10-6-26(4-5-26)7-11-35/h2-3,16-18,33,38H,4-15H2,1H3. The van der Waals surface area contributed by atoms with E-state index in [1.165, 1.54) is 20.0 Å². The minimum Gasteiger partial charge on any atom is -0.481 e. The van der Waals surface area contributed by atoms with Crippen molar-refractivity contribution in [1.29, 1.82) is 0 Å². The van der Waals surface area contributed by atoms with Crippen molar-refractivity contribution in [3.63, 3.8) is 0 Å². The van der Waals surface area contributed by atoms with Crippen LogP contribution in [0.4, 0.5) is 26.1 Å². The molecule has 1 saturated carbocycles. The van der Waals surface area contributed by atoms with Gasteiger partial charge in [-0.25, -0.2) is 26.9 Å². The summed E-state index contributed by atoms with van der Waals surface area (Å²) in [5.41, 5.74) is 3.24. The van der Waals surface area contributed by atoms with Crippen molar-refractivity contribution in [2.24, 2.45) is 5.41 Å². The third-order valence-electron chi connectivity index (χ3n) is 8.41. The quantitative estimate of drug-likeness (QED) is 0.375. The number of nitrogens with one attached hydrogen (secondary N) is 1. The topological polar surface area (TPSA) is 139 Å². The van der Waals surface area contributed by atoms with Crippen LogP contribution in [-0.4, -0.2) is 90.1 Å². The first-order chi connectivity index (χ1) is 20.1. The van der Waals surface area contributed by atoms with Gasteiger partial charge < -0.3 is 19.6 Å². The lowest BCUT2D eigenvalue weighted by atomic mass is 9.93. The molecule has 0 atom stereocenters. The van der Waals surface area contributed by atoms with Crippen LogP contribution in [0.5, 0.6) is 5.88 Å². The Morgan fingerprint density at radius 1 is 0.952 bits per heavy atom. The van der Waals surface area contributed by atoms with Gasteiger partial charge >= 0.3 is 0 Å². The maximum absolute atomic E-state index is 13.7. The van der Waals surface area contributed by atoms with Gasteiger partial charge in [-0.3, -0.25) is 4.72 Å². The van der Waals surface area contributed by atoms with E-state index in [0.29, 0.717) is 28.2 Å². The number of rotatable bonds is 9. The predicted octanol–water partition coefficient (Wildman–Crippen LogP) is 3.08. The van der Waals surface area contributed by atoms with Crippen molar-refractivity contribution in [1.82, 2.24) is 25.0 Å². The highest BCUT2D eigenvalue weighted by Gasteiger charge is 2.44. The van der Waals surface area contributed by atoms with E-state index in [1.54, 1.807) is 40.0 Å². The second kappa shape index (κ2) is 10.9. The summed E-state index contributed by atoms with van der Waals surface area (Å²) in [6, 6.07) is 6.84. The van der Waals surface area contributed by atoms with Crippen LogP contribution in [0.25, 0.3) is 17.1 Å². The number of ether oxygens (including phenoxy) is 1. The Morgan fingerprint density at radius 2 is 1.67 bits per heavy atom. The minimum absolute atomic E-state index is 0.126. The monoisotopic (exact) mass is 604 g/mol. The Hall–Kier alpha value is -3.59. The Kier molecular flexibility index (Phi) is 7.41. The van der Waals surface area contributed by atoms with Gasteiger partial charge in [-0.15, -0.1) is 5.10 Å². The zero-order valence-electron chi connectivity index (χ0n) is 23.3. The number of piperidine rings is 2. The van der Waals surface area contributed by atoms with E-state index >= 15 is 0 Å². The number of hydrogen-bond acceptors (Lipinski definition) is 10. The Labute approximate surface area is 242 Å². The summed E-state index contributed by atoms with van der Waals surface area (Å²) in [6.45, 7) is 1.45. The maximum atomic E-state index is 13.7. The van der Waals surface area contributed by atoms with Crippen molar-refractivity contribution in [2.75, 3.05) is 60.2 Å². The van der Waals surface area contributed by atoms with E-state index in [-0.39, 0.29) is 37.8 Å². The number of aromatic nitrogens is 5. The Bertz CT molecular complexity index is 1540. The van der Waals surface area contributed by atoms with Gasteiger partial charge in [-0.1, -0.05) is 5.21 Å². The second-order valence-corrected chi connectivity index (χ2v) is 13.2. The highest BCUT2D eigenvalue weighted by atomic mass is 32.2. The SMILES string of the molecule is COc1cc(-c2cn(-c3ccc(NS(=O)(=O)CCO)cc3N3CCC4(CC3)CC4)nn2)nc(N2CCC(F)(F)CC2)n1. The van der Waals surface area contributed by atoms with Crippen molar-refractivity contribution in [2.45, 2.75) is 44.4 Å². The van der Waals surface area contributed by atoms with Gasteiger partial charge in [-0.05, 0) is 49.3 Å². The van der Waals surface area contributed by atoms with E-state index in [0.717, 1.165) is 31.6 Å². The van der Waals surface area contributed by atoms with Crippen LogP contribution in [0.15, 0.2) is 30.5 Å². The van der Waals surface area contributed by atoms with Crippen LogP contribution in [-0.2, 0) is 10.0 Å². The molecular weight excluding hydrogens is 570 g/mol. The first kappa shape index (κ1) is 28.5. The summed E-state index contributed by atoms with van der Waals surface area (Å²) in [5.74, 6) is -2.52. The molecule has 42 heavy (non-hydrogen) atoms. The third kappa shape index (κ3) is 6.11. The number of alkyl halides is 2. The van der Waals surface area contributed by atoms with Crippen molar-refractivity contribution in [3.05, 3.63) is 30.5 Å². The van der Waals surface area contributed by atoms with E-state index in [1.807, 2.05) is 0 Å². The molecule has 12 nitrogen and oxygen atoms in total. The molecule has 4 heterocycles. The van der Waals surface area contributed by atoms with Gasteiger partial charge in [0.05, 0.1) is 42.7 Å². The van der Waals surface area contributed by atoms with Gasteiger partial charge in [0.25, 0.3) is 5.92 Å². The number of benzene rings is 1. The van der Waals surface area contributed by atoms with Crippen LogP contribution in [0.1, 0.15) is 38.5 Å². The molecule has 3 fully saturated rings. The average molecular weight is 605 g/mol. The lowest BCUT2D eigenvalue weighted by Gasteiger charge is -2.35. The lowest BCUT2D eigenvalue weighted by Crippen LogP contribution is -2.40. The van der Waals surface area contributed by atoms with Gasteiger partial charge in [0.1, 0.15) is 11.4 Å². The van der Waals surface area contributed by atoms with E-state index in [4.69, 9.17) is 9.84 Å². The summed E-state index contributed by atoms with van der Waals surface area (Å²) in [7, 11) is -2.23. The van der Waals surface area contributed by atoms with Crippen molar-refractivity contribution < 1.29 is 27.0 Å². The number of aliphatic hydroxyl groups excluding tert-OH is 1. The van der Waals surface area contributed by atoms with Crippen LogP contribution in [0, 0.1) is 5.41 Å². The summed E-state index contributed by atoms with van der Waals surface area (Å²) >= 11 is 0. The summed E-state index contributed by atoms with van der Waals surface area (Å²) < 4.78 is 61.7. The molecular formula is C27H34F2N8O4S. The molecule has 2 aliphatic heterocycles. The second-order valence-electron chi connectivity index (χ2n) is 11.3. The smallest absolute Gasteiger partial charge is 0.251 e. The first-order valence-electron chi connectivity index (χ1n) is 14.1. The van der Waals surface area contributed by atoms with Crippen LogP contribution in [0.2, 0.25) is 0 Å². The molecule has 3 aromatic rings. The average Bonchev–Trinajstić information content (AvgIpc) is 3.52. The fourth-order valence-corrected chi connectivity index (χ4v) is 6.43. The number of hydrogen-bond donors (Lipinski definition) is 2. The van der Waals surface area contributed by atoms with E-state index < -0.39 is 28.3 Å². The number of aliphatic hydroxyl groups is 1. The van der Waals surface area contributed by atoms with Gasteiger partial charge in [0.15, 0.2) is 0 Å². The maximum Gasteiger partial charge on any atom is 0.251 e. The zero-order valence-corrected chi connectivity index (χ0v) is 24.2. The molecule has 1 aromatic carbocycles. The molecule has 226 valence electrons. The highest BCUT2D eigenvalue weighted by molar-refractivity contribution is 7.92. The number of methoxy groups -OCH3 is 1. The molecule has 3 aliphatic rings. The molecule has 2 saturated heterocycles. The van der Waals surface area contributed by atoms with Gasteiger partial charge in [-0.2, -0.15) is 4.98 Å². The molecule has 2 aromatic heterocycles. The normalized spacial score (nSPS) is 19.6. The van der Waals surface area contributed by atoms with Crippen LogP contribution < -0.4 is 19.3 Å². The molecule has 2 N–H and O–H groups in total. The molecule has 0 unspecified atom stereocenters. The summed E-state index contributed by atoms with van der Waals surface area (Å²) in [5, 5.41) is 17.8. The fraction of sp³-hybridized carbons (Fsp3) is 0.556. The molecule has 15 heteroatoms. The van der Waals surface area contributed by atoms with E-state index in [9.17, 15) is 17.2 Å². The number of anilines is 3.